The van der Waals surface area contributed by atoms with Crippen molar-refractivity contribution < 1.29 is 0 Å². The van der Waals surface area contributed by atoms with Gasteiger partial charge in [0, 0.05) is 24.8 Å². The molecule has 18 heavy (non-hydrogen) atoms. The molecule has 0 saturated heterocycles. The van der Waals surface area contributed by atoms with Crippen LogP contribution in [-0.4, -0.2) is 13.1 Å². The summed E-state index contributed by atoms with van der Waals surface area (Å²) in [6.45, 7) is 4.53. The summed E-state index contributed by atoms with van der Waals surface area (Å²) in [5.41, 5.74) is 10.2. The molecule has 0 radical (unpaired) electrons. The third-order valence-electron chi connectivity index (χ3n) is 4.57. The minimum atomic E-state index is 0.152. The smallest absolute Gasteiger partial charge is 0.0399 e. The lowest BCUT2D eigenvalue weighted by Crippen LogP contribution is -2.26. The second kappa shape index (κ2) is 4.93. The zero-order valence-corrected chi connectivity index (χ0v) is 11.4. The van der Waals surface area contributed by atoms with E-state index in [9.17, 15) is 0 Å². The number of anilines is 1. The Morgan fingerprint density at radius 1 is 1.33 bits per heavy atom. The molecule has 0 spiro atoms. The Balaban J connectivity index is 1.75. The van der Waals surface area contributed by atoms with E-state index in [1.54, 1.807) is 0 Å². The maximum absolute atomic E-state index is 5.96. The van der Waals surface area contributed by atoms with Crippen molar-refractivity contribution in [3.8, 4) is 0 Å². The average molecular weight is 244 g/mol. The van der Waals surface area contributed by atoms with Crippen LogP contribution in [0.5, 0.6) is 0 Å². The predicted molar refractivity (Wildman–Crippen MR) is 76.9 cm³/mol. The number of hydrogen-bond donors (Lipinski definition) is 1. The van der Waals surface area contributed by atoms with E-state index in [4.69, 9.17) is 5.73 Å². The second-order valence-corrected chi connectivity index (χ2v) is 6.02. The van der Waals surface area contributed by atoms with Crippen LogP contribution >= 0.6 is 0 Å². The lowest BCUT2D eigenvalue weighted by molar-refractivity contribution is 0.538. The summed E-state index contributed by atoms with van der Waals surface area (Å²) in [4.78, 5) is 2.59. The number of nitrogens with two attached hydrogens (primary N) is 1. The normalized spacial score (nSPS) is 21.3. The largest absolute Gasteiger partial charge is 0.371 e. The molecule has 1 aromatic rings. The third kappa shape index (κ3) is 2.26. The molecule has 1 heterocycles. The first-order valence-corrected chi connectivity index (χ1v) is 7.37. The zero-order valence-electron chi connectivity index (χ0n) is 11.4. The number of nitrogens with zero attached hydrogens (tertiary/aromatic N) is 1. The first-order valence-electron chi connectivity index (χ1n) is 7.37. The molecule has 2 aliphatic rings. The summed E-state index contributed by atoms with van der Waals surface area (Å²) in [6.07, 6.45) is 6.94. The van der Waals surface area contributed by atoms with Crippen LogP contribution in [0.25, 0.3) is 0 Å². The third-order valence-corrected chi connectivity index (χ3v) is 4.57. The molecule has 1 fully saturated rings. The number of rotatable bonds is 3. The second-order valence-electron chi connectivity index (χ2n) is 6.02. The van der Waals surface area contributed by atoms with Gasteiger partial charge in [-0.2, -0.15) is 0 Å². The van der Waals surface area contributed by atoms with Crippen LogP contribution in [0, 0.1) is 5.92 Å². The average Bonchev–Trinajstić information content (AvgIpc) is 2.99. The van der Waals surface area contributed by atoms with Gasteiger partial charge in [-0.3, -0.25) is 0 Å². The van der Waals surface area contributed by atoms with Crippen molar-refractivity contribution in [2.45, 2.75) is 45.1 Å². The van der Waals surface area contributed by atoms with E-state index in [-0.39, 0.29) is 6.04 Å². The van der Waals surface area contributed by atoms with Crippen molar-refractivity contribution >= 4 is 5.69 Å². The first-order chi connectivity index (χ1) is 8.74. The fourth-order valence-corrected chi connectivity index (χ4v) is 3.47. The number of hydrogen-bond acceptors (Lipinski definition) is 2. The van der Waals surface area contributed by atoms with Gasteiger partial charge in [-0.1, -0.05) is 25.0 Å². The summed E-state index contributed by atoms with van der Waals surface area (Å²) < 4.78 is 0. The lowest BCUT2D eigenvalue weighted by atomic mass is 10.0. The topological polar surface area (TPSA) is 29.3 Å². The predicted octanol–water partition coefficient (Wildman–Crippen LogP) is 3.26. The lowest BCUT2D eigenvalue weighted by Gasteiger charge is -2.23. The molecule has 0 amide bonds. The van der Waals surface area contributed by atoms with Crippen LogP contribution < -0.4 is 10.6 Å². The molecule has 1 saturated carbocycles. The standard InChI is InChI=1S/C16H24N2/c1-12(17)14-6-7-16-15(10-14)8-9-18(16)11-13-4-2-3-5-13/h6-7,10,12-13H,2-5,8-9,11,17H2,1H3. The Bertz CT molecular complexity index is 419. The van der Waals surface area contributed by atoms with Gasteiger partial charge in [0.2, 0.25) is 0 Å². The molecule has 1 atom stereocenters. The van der Waals surface area contributed by atoms with E-state index in [2.05, 4.69) is 30.0 Å². The minimum absolute atomic E-state index is 0.152. The highest BCUT2D eigenvalue weighted by Crippen LogP contribution is 2.33. The minimum Gasteiger partial charge on any atom is -0.371 e. The highest BCUT2D eigenvalue weighted by molar-refractivity contribution is 5.59. The van der Waals surface area contributed by atoms with Gasteiger partial charge in [0.25, 0.3) is 0 Å². The van der Waals surface area contributed by atoms with Crippen molar-refractivity contribution in [2.24, 2.45) is 11.7 Å². The molecule has 2 heteroatoms. The summed E-state index contributed by atoms with van der Waals surface area (Å²) >= 11 is 0. The number of fused-ring (bicyclic) bond motifs is 1. The fraction of sp³-hybridized carbons (Fsp3) is 0.625. The van der Waals surface area contributed by atoms with Crippen molar-refractivity contribution in [3.63, 3.8) is 0 Å². The molecule has 98 valence electrons. The van der Waals surface area contributed by atoms with Gasteiger partial charge >= 0.3 is 0 Å². The Morgan fingerprint density at radius 2 is 2.11 bits per heavy atom. The summed E-state index contributed by atoms with van der Waals surface area (Å²) in [6, 6.07) is 6.96. The molecule has 0 aromatic heterocycles. The maximum atomic E-state index is 5.96. The van der Waals surface area contributed by atoms with Gasteiger partial charge < -0.3 is 10.6 Å². The Kier molecular flexibility index (Phi) is 3.29. The summed E-state index contributed by atoms with van der Waals surface area (Å²) in [5.74, 6) is 0.934. The molecular weight excluding hydrogens is 220 g/mol. The molecular formula is C16H24N2. The van der Waals surface area contributed by atoms with Crippen LogP contribution in [0.15, 0.2) is 18.2 Å². The van der Waals surface area contributed by atoms with E-state index in [0.29, 0.717) is 0 Å². The van der Waals surface area contributed by atoms with Gasteiger partial charge in [-0.15, -0.1) is 0 Å². The van der Waals surface area contributed by atoms with Crippen molar-refractivity contribution in [1.82, 2.24) is 0 Å². The highest BCUT2D eigenvalue weighted by atomic mass is 15.1. The fourth-order valence-electron chi connectivity index (χ4n) is 3.47. The molecule has 1 aliphatic heterocycles. The number of benzene rings is 1. The molecule has 1 aromatic carbocycles. The molecule has 1 aliphatic carbocycles. The van der Waals surface area contributed by atoms with E-state index in [1.807, 2.05) is 0 Å². The summed E-state index contributed by atoms with van der Waals surface area (Å²) in [5, 5.41) is 0. The van der Waals surface area contributed by atoms with Crippen molar-refractivity contribution in [1.29, 1.82) is 0 Å². The molecule has 2 N–H and O–H groups in total. The van der Waals surface area contributed by atoms with Gasteiger partial charge in [-0.05, 0) is 49.3 Å². The van der Waals surface area contributed by atoms with Gasteiger partial charge in [0.1, 0.15) is 0 Å². The quantitative estimate of drug-likeness (QED) is 0.884. The van der Waals surface area contributed by atoms with E-state index in [0.717, 1.165) is 5.92 Å². The van der Waals surface area contributed by atoms with Crippen LogP contribution in [0.4, 0.5) is 5.69 Å². The van der Waals surface area contributed by atoms with Gasteiger partial charge in [-0.25, -0.2) is 0 Å². The Labute approximate surface area is 110 Å². The Hall–Kier alpha value is -1.02. The molecule has 3 rings (SSSR count). The summed E-state index contributed by atoms with van der Waals surface area (Å²) in [7, 11) is 0. The molecule has 1 unspecified atom stereocenters. The highest BCUT2D eigenvalue weighted by Gasteiger charge is 2.24. The van der Waals surface area contributed by atoms with E-state index < -0.39 is 0 Å². The molecule has 0 bridgehead atoms. The van der Waals surface area contributed by atoms with Crippen LogP contribution in [0.3, 0.4) is 0 Å². The van der Waals surface area contributed by atoms with Crippen molar-refractivity contribution in [3.05, 3.63) is 29.3 Å². The molecule has 2 nitrogen and oxygen atoms in total. The van der Waals surface area contributed by atoms with Crippen LogP contribution in [0.1, 0.15) is 49.8 Å². The van der Waals surface area contributed by atoms with E-state index in [1.165, 1.54) is 62.0 Å². The first kappa shape index (κ1) is 12.0. The van der Waals surface area contributed by atoms with Crippen molar-refractivity contribution in [2.75, 3.05) is 18.0 Å². The van der Waals surface area contributed by atoms with E-state index >= 15 is 0 Å². The van der Waals surface area contributed by atoms with Crippen LogP contribution in [0.2, 0.25) is 0 Å². The van der Waals surface area contributed by atoms with Crippen LogP contribution in [-0.2, 0) is 6.42 Å². The SMILES string of the molecule is CC(N)c1ccc2c(c1)CCN2CC1CCCC1. The van der Waals surface area contributed by atoms with Gasteiger partial charge in [0.05, 0.1) is 0 Å². The maximum Gasteiger partial charge on any atom is 0.0399 e. The Morgan fingerprint density at radius 3 is 2.83 bits per heavy atom. The van der Waals surface area contributed by atoms with Gasteiger partial charge in [0.15, 0.2) is 0 Å². The zero-order chi connectivity index (χ0) is 12.5. The monoisotopic (exact) mass is 244 g/mol.